The van der Waals surface area contributed by atoms with Crippen LogP contribution in [0.5, 0.6) is 0 Å². The lowest BCUT2D eigenvalue weighted by Gasteiger charge is -2.57. The highest BCUT2D eigenvalue weighted by Gasteiger charge is 2.45. The van der Waals surface area contributed by atoms with Crippen LogP contribution in [0.1, 0.15) is 17.5 Å². The number of benzene rings is 1. The van der Waals surface area contributed by atoms with Gasteiger partial charge in [-0.15, -0.1) is 0 Å². The van der Waals surface area contributed by atoms with Gasteiger partial charge in [-0.3, -0.25) is 9.58 Å². The Morgan fingerprint density at radius 1 is 0.919 bits per heavy atom. The fourth-order valence-corrected chi connectivity index (χ4v) is 5.89. The Labute approximate surface area is 215 Å². The Balaban J connectivity index is 1.17. The van der Waals surface area contributed by atoms with Crippen LogP contribution in [0.2, 0.25) is 0 Å². The lowest BCUT2D eigenvalue weighted by molar-refractivity contribution is 0.108. The maximum absolute atomic E-state index is 9.71. The third kappa shape index (κ3) is 3.76. The summed E-state index contributed by atoms with van der Waals surface area (Å²) in [6.07, 6.45) is 10.5. The van der Waals surface area contributed by atoms with E-state index < -0.39 is 0 Å². The molecular weight excluding hydrogens is 460 g/mol. The van der Waals surface area contributed by atoms with E-state index in [-0.39, 0.29) is 0 Å². The van der Waals surface area contributed by atoms with Crippen molar-refractivity contribution in [3.05, 3.63) is 90.6 Å². The van der Waals surface area contributed by atoms with Gasteiger partial charge in [-0.25, -0.2) is 9.50 Å². The molecule has 8 rings (SSSR count). The van der Waals surface area contributed by atoms with Crippen molar-refractivity contribution in [3.8, 4) is 28.3 Å². The summed E-state index contributed by atoms with van der Waals surface area (Å²) in [5, 5.41) is 18.5. The largest absolute Gasteiger partial charge is 0.348 e. The van der Waals surface area contributed by atoms with Gasteiger partial charge < -0.3 is 4.90 Å². The van der Waals surface area contributed by atoms with Crippen molar-refractivity contribution in [1.82, 2.24) is 29.3 Å². The third-order valence-corrected chi connectivity index (χ3v) is 7.61. The summed E-state index contributed by atoms with van der Waals surface area (Å²) in [6.45, 7) is 3.12. The predicted octanol–water partition coefficient (Wildman–Crippen LogP) is 4.13. The Bertz CT molecular complexity index is 1610. The first-order valence-corrected chi connectivity index (χ1v) is 12.6. The van der Waals surface area contributed by atoms with Crippen LogP contribution in [-0.2, 0) is 13.6 Å². The van der Waals surface area contributed by atoms with Gasteiger partial charge in [-0.2, -0.15) is 15.5 Å². The standard InChI is InChI=1S/C29H26N8/c1-34-16-24(14-32-34)22-9-27(29-23(11-30)13-33-36(29)17-22)21-7-8-28(31-12-21)37-25-10-26(37)19-35(18-25)15-20-5-3-2-4-6-20/h2-9,12-14,16-17,25-26H,10,15,18-19H2,1H3. The van der Waals surface area contributed by atoms with E-state index in [1.54, 1.807) is 15.4 Å². The number of rotatable bonds is 5. The molecule has 0 aliphatic carbocycles. The van der Waals surface area contributed by atoms with Crippen LogP contribution in [0.15, 0.2) is 79.5 Å². The van der Waals surface area contributed by atoms with E-state index in [4.69, 9.17) is 4.98 Å². The molecule has 3 saturated heterocycles. The lowest BCUT2D eigenvalue weighted by Crippen LogP contribution is -2.69. The third-order valence-electron chi connectivity index (χ3n) is 7.61. The molecule has 0 N–H and O–H groups in total. The van der Waals surface area contributed by atoms with Gasteiger partial charge in [0.25, 0.3) is 0 Å². The quantitative estimate of drug-likeness (QED) is 0.372. The molecule has 0 saturated carbocycles. The summed E-state index contributed by atoms with van der Waals surface area (Å²) in [7, 11) is 1.90. The van der Waals surface area contributed by atoms with Gasteiger partial charge in [0.05, 0.1) is 23.5 Å². The van der Waals surface area contributed by atoms with E-state index in [0.717, 1.165) is 53.2 Å². The van der Waals surface area contributed by atoms with Gasteiger partial charge in [0.2, 0.25) is 0 Å². The molecule has 2 bridgehead atoms. The highest BCUT2D eigenvalue weighted by atomic mass is 15.4. The van der Waals surface area contributed by atoms with Gasteiger partial charge in [0.15, 0.2) is 0 Å². The number of hydrogen-bond acceptors (Lipinski definition) is 6. The second-order valence-electron chi connectivity index (χ2n) is 10.0. The number of pyridine rings is 2. The second kappa shape index (κ2) is 8.57. The smallest absolute Gasteiger partial charge is 0.129 e. The minimum Gasteiger partial charge on any atom is -0.348 e. The SMILES string of the molecule is Cn1cc(-c2cc(-c3ccc(N4C5CC4CN(Cc4ccccc4)C5)nc3)c3c(C#N)cnn3c2)cn1. The summed E-state index contributed by atoms with van der Waals surface area (Å²) in [5.41, 5.74) is 6.60. The number of hydrogen-bond donors (Lipinski definition) is 0. The van der Waals surface area contributed by atoms with Gasteiger partial charge in [-0.1, -0.05) is 30.3 Å². The Morgan fingerprint density at radius 3 is 2.46 bits per heavy atom. The van der Waals surface area contributed by atoms with Crippen LogP contribution in [-0.4, -0.2) is 54.5 Å². The highest BCUT2D eigenvalue weighted by Crippen LogP contribution is 2.38. The van der Waals surface area contributed by atoms with E-state index in [2.05, 4.69) is 74.6 Å². The van der Waals surface area contributed by atoms with Crippen molar-refractivity contribution in [3.63, 3.8) is 0 Å². The van der Waals surface area contributed by atoms with Gasteiger partial charge in [-0.05, 0) is 30.2 Å². The van der Waals surface area contributed by atoms with Crippen LogP contribution >= 0.6 is 0 Å². The maximum Gasteiger partial charge on any atom is 0.129 e. The van der Waals surface area contributed by atoms with Crippen LogP contribution in [0.25, 0.3) is 27.8 Å². The fraction of sp³-hybridized carbons (Fsp3) is 0.241. The summed E-state index contributed by atoms with van der Waals surface area (Å²) in [6, 6.07) is 20.3. The van der Waals surface area contributed by atoms with Crippen molar-refractivity contribution in [1.29, 1.82) is 5.26 Å². The number of aryl methyl sites for hydroxylation is 1. The summed E-state index contributed by atoms with van der Waals surface area (Å²) >= 11 is 0. The van der Waals surface area contributed by atoms with E-state index in [1.807, 2.05) is 31.8 Å². The normalized spacial score (nSPS) is 19.1. The highest BCUT2D eigenvalue weighted by molar-refractivity contribution is 5.87. The fourth-order valence-electron chi connectivity index (χ4n) is 5.89. The maximum atomic E-state index is 9.71. The lowest BCUT2D eigenvalue weighted by atomic mass is 9.87. The molecule has 2 atom stereocenters. The molecule has 8 heteroatoms. The Morgan fingerprint density at radius 2 is 1.76 bits per heavy atom. The average molecular weight is 487 g/mol. The number of nitriles is 1. The number of piperazine rings is 1. The van der Waals surface area contributed by atoms with Crippen molar-refractivity contribution < 1.29 is 0 Å². The average Bonchev–Trinajstić information content (AvgIpc) is 3.55. The van der Waals surface area contributed by atoms with Crippen molar-refractivity contribution in [2.24, 2.45) is 7.05 Å². The molecule has 3 aliphatic rings. The topological polar surface area (TPSA) is 78.3 Å². The van der Waals surface area contributed by atoms with E-state index in [0.29, 0.717) is 17.6 Å². The van der Waals surface area contributed by atoms with Gasteiger partial charge >= 0.3 is 0 Å². The first-order chi connectivity index (χ1) is 18.2. The zero-order valence-corrected chi connectivity index (χ0v) is 20.6. The van der Waals surface area contributed by atoms with Crippen molar-refractivity contribution >= 4 is 11.3 Å². The van der Waals surface area contributed by atoms with Crippen LogP contribution in [0.4, 0.5) is 5.82 Å². The molecule has 4 aromatic heterocycles. The van der Waals surface area contributed by atoms with Crippen LogP contribution in [0, 0.1) is 11.3 Å². The number of piperidine rings is 1. The van der Waals surface area contributed by atoms with Crippen LogP contribution < -0.4 is 4.90 Å². The molecule has 0 radical (unpaired) electrons. The first kappa shape index (κ1) is 21.8. The van der Waals surface area contributed by atoms with Crippen LogP contribution in [0.3, 0.4) is 0 Å². The van der Waals surface area contributed by atoms with Crippen molar-refractivity contribution in [2.45, 2.75) is 25.0 Å². The van der Waals surface area contributed by atoms with Gasteiger partial charge in [0.1, 0.15) is 11.9 Å². The molecular formula is C29H26N8. The van der Waals surface area contributed by atoms with E-state index in [9.17, 15) is 5.26 Å². The Hall–Kier alpha value is -4.48. The molecule has 8 nitrogen and oxygen atoms in total. The number of aromatic nitrogens is 5. The first-order valence-electron chi connectivity index (χ1n) is 12.6. The number of anilines is 1. The van der Waals surface area contributed by atoms with Gasteiger partial charge in [0, 0.05) is 79.6 Å². The molecule has 3 fully saturated rings. The Kier molecular flexibility index (Phi) is 5.05. The van der Waals surface area contributed by atoms with E-state index in [1.165, 1.54) is 12.0 Å². The summed E-state index contributed by atoms with van der Waals surface area (Å²) in [5.74, 6) is 1.03. The number of nitrogens with zero attached hydrogens (tertiary/aromatic N) is 8. The molecule has 182 valence electrons. The molecule has 7 heterocycles. The molecule has 5 aromatic rings. The minimum absolute atomic E-state index is 0.501. The zero-order chi connectivity index (χ0) is 24.9. The summed E-state index contributed by atoms with van der Waals surface area (Å²) in [4.78, 5) is 9.94. The van der Waals surface area contributed by atoms with E-state index >= 15 is 0 Å². The number of fused-ring (bicyclic) bond motifs is 3. The molecule has 2 unspecified atom stereocenters. The molecule has 1 aromatic carbocycles. The van der Waals surface area contributed by atoms with Crippen molar-refractivity contribution in [2.75, 3.05) is 18.0 Å². The monoisotopic (exact) mass is 486 g/mol. The molecule has 0 amide bonds. The molecule has 0 spiro atoms. The minimum atomic E-state index is 0.501. The predicted molar refractivity (Wildman–Crippen MR) is 142 cm³/mol. The second-order valence-corrected chi connectivity index (χ2v) is 10.0. The molecule has 37 heavy (non-hydrogen) atoms. The zero-order valence-electron chi connectivity index (χ0n) is 20.6. The molecule has 3 aliphatic heterocycles. The summed E-state index contributed by atoms with van der Waals surface area (Å²) < 4.78 is 3.57.